The largest absolute Gasteiger partial charge is 0.494 e. The van der Waals surface area contributed by atoms with Gasteiger partial charge >= 0.3 is 0 Å². The van der Waals surface area contributed by atoms with E-state index in [-0.39, 0.29) is 11.6 Å². The van der Waals surface area contributed by atoms with Gasteiger partial charge in [-0.25, -0.2) is 8.78 Å². The predicted octanol–water partition coefficient (Wildman–Crippen LogP) is 3.36. The highest BCUT2D eigenvalue weighted by Crippen LogP contribution is 2.27. The molecule has 1 N–H and O–H groups in total. The molecule has 0 radical (unpaired) electrons. The highest BCUT2D eigenvalue weighted by atomic mass is 19.1. The Morgan fingerprint density at radius 1 is 1.00 bits per heavy atom. The maximum absolute atomic E-state index is 13.6. The van der Waals surface area contributed by atoms with Crippen LogP contribution < -0.4 is 4.74 Å². The van der Waals surface area contributed by atoms with Crippen molar-refractivity contribution in [3.05, 3.63) is 64.7 Å². The van der Waals surface area contributed by atoms with Crippen LogP contribution >= 0.6 is 0 Å². The molecule has 100 valence electrons. The van der Waals surface area contributed by atoms with Crippen LogP contribution in [0.1, 0.15) is 22.8 Å². The quantitative estimate of drug-likeness (QED) is 0.921. The lowest BCUT2D eigenvalue weighted by atomic mass is 9.99. The van der Waals surface area contributed by atoms with Gasteiger partial charge in [0.2, 0.25) is 0 Å². The summed E-state index contributed by atoms with van der Waals surface area (Å²) < 4.78 is 31.6. The van der Waals surface area contributed by atoms with Crippen LogP contribution in [-0.2, 0) is 0 Å². The third kappa shape index (κ3) is 2.74. The molecule has 0 bridgehead atoms. The summed E-state index contributed by atoms with van der Waals surface area (Å²) in [6, 6.07) is 8.54. The van der Waals surface area contributed by atoms with Crippen LogP contribution in [0.2, 0.25) is 0 Å². The lowest BCUT2D eigenvalue weighted by molar-refractivity contribution is 0.219. The molecule has 0 amide bonds. The van der Waals surface area contributed by atoms with Crippen LogP contribution in [0.3, 0.4) is 0 Å². The summed E-state index contributed by atoms with van der Waals surface area (Å²) in [6.45, 7) is 1.61. The third-order valence-electron chi connectivity index (χ3n) is 2.99. The van der Waals surface area contributed by atoms with Crippen molar-refractivity contribution in [3.63, 3.8) is 0 Å². The molecule has 0 heterocycles. The van der Waals surface area contributed by atoms with Crippen molar-refractivity contribution in [2.45, 2.75) is 13.0 Å². The smallest absolute Gasteiger partial charge is 0.165 e. The van der Waals surface area contributed by atoms with Gasteiger partial charge in [0.1, 0.15) is 11.9 Å². The van der Waals surface area contributed by atoms with Gasteiger partial charge in [0.05, 0.1) is 7.11 Å². The Bertz CT molecular complexity index is 597. The molecule has 0 spiro atoms. The number of benzene rings is 2. The minimum absolute atomic E-state index is 0.117. The first-order chi connectivity index (χ1) is 9.02. The molecule has 1 atom stereocenters. The lowest BCUT2D eigenvalue weighted by Gasteiger charge is -2.13. The fourth-order valence-corrected chi connectivity index (χ4v) is 1.88. The molecule has 0 saturated heterocycles. The second kappa shape index (κ2) is 5.36. The summed E-state index contributed by atoms with van der Waals surface area (Å²) in [7, 11) is 1.37. The highest BCUT2D eigenvalue weighted by Gasteiger charge is 2.14. The van der Waals surface area contributed by atoms with Gasteiger partial charge in [0.25, 0.3) is 0 Å². The van der Waals surface area contributed by atoms with Crippen molar-refractivity contribution >= 4 is 0 Å². The maximum Gasteiger partial charge on any atom is 0.165 e. The van der Waals surface area contributed by atoms with E-state index in [1.165, 1.54) is 31.4 Å². The van der Waals surface area contributed by atoms with Gasteiger partial charge in [-0.3, -0.25) is 0 Å². The van der Waals surface area contributed by atoms with E-state index < -0.39 is 11.9 Å². The molecule has 0 saturated carbocycles. The molecule has 2 rings (SSSR count). The van der Waals surface area contributed by atoms with E-state index in [0.29, 0.717) is 16.7 Å². The van der Waals surface area contributed by atoms with E-state index in [9.17, 15) is 13.9 Å². The fourth-order valence-electron chi connectivity index (χ4n) is 1.88. The number of hydrogen-bond acceptors (Lipinski definition) is 2. The summed E-state index contributed by atoms with van der Waals surface area (Å²) in [5, 5.41) is 10.2. The van der Waals surface area contributed by atoms with Crippen molar-refractivity contribution in [2.24, 2.45) is 0 Å². The molecule has 19 heavy (non-hydrogen) atoms. The van der Waals surface area contributed by atoms with Crippen LogP contribution in [0, 0.1) is 18.6 Å². The summed E-state index contributed by atoms with van der Waals surface area (Å²) in [4.78, 5) is 0. The van der Waals surface area contributed by atoms with Crippen LogP contribution in [0.15, 0.2) is 36.4 Å². The number of aliphatic hydroxyl groups is 1. The van der Waals surface area contributed by atoms with E-state index in [1.807, 2.05) is 0 Å². The molecular formula is C15H14F2O2. The summed E-state index contributed by atoms with van der Waals surface area (Å²) in [6.07, 6.45) is -1.00. The molecule has 0 aliphatic heterocycles. The Kier molecular flexibility index (Phi) is 3.81. The van der Waals surface area contributed by atoms with Crippen molar-refractivity contribution in [2.75, 3.05) is 7.11 Å². The van der Waals surface area contributed by atoms with Crippen LogP contribution in [-0.4, -0.2) is 12.2 Å². The molecule has 2 aromatic carbocycles. The van der Waals surface area contributed by atoms with Gasteiger partial charge in [-0.05, 0) is 41.8 Å². The van der Waals surface area contributed by atoms with Crippen LogP contribution in [0.4, 0.5) is 8.78 Å². The molecule has 0 aromatic heterocycles. The fraction of sp³-hybridized carbons (Fsp3) is 0.200. The van der Waals surface area contributed by atoms with Crippen molar-refractivity contribution in [3.8, 4) is 5.75 Å². The van der Waals surface area contributed by atoms with E-state index in [4.69, 9.17) is 4.74 Å². The number of ether oxygens (including phenoxy) is 1. The van der Waals surface area contributed by atoms with Gasteiger partial charge in [-0.1, -0.05) is 18.2 Å². The number of hydrogen-bond donors (Lipinski definition) is 1. The maximum atomic E-state index is 13.6. The molecular weight excluding hydrogens is 250 g/mol. The monoisotopic (exact) mass is 264 g/mol. The zero-order valence-electron chi connectivity index (χ0n) is 10.7. The SMILES string of the molecule is COc1ccc(C(O)c2ccc(F)c(C)c2)cc1F. The van der Waals surface area contributed by atoms with Crippen molar-refractivity contribution in [1.82, 2.24) is 0 Å². The summed E-state index contributed by atoms with van der Waals surface area (Å²) >= 11 is 0. The highest BCUT2D eigenvalue weighted by molar-refractivity contribution is 5.36. The Morgan fingerprint density at radius 3 is 2.21 bits per heavy atom. The minimum atomic E-state index is -1.00. The van der Waals surface area contributed by atoms with Crippen molar-refractivity contribution < 1.29 is 18.6 Å². The van der Waals surface area contributed by atoms with E-state index >= 15 is 0 Å². The number of rotatable bonds is 3. The number of halogens is 2. The second-order valence-electron chi connectivity index (χ2n) is 4.31. The molecule has 0 aliphatic carbocycles. The van der Waals surface area contributed by atoms with Crippen LogP contribution in [0.5, 0.6) is 5.75 Å². The van der Waals surface area contributed by atoms with E-state index in [2.05, 4.69) is 0 Å². The normalized spacial score (nSPS) is 12.3. The van der Waals surface area contributed by atoms with Gasteiger partial charge in [0.15, 0.2) is 11.6 Å². The predicted molar refractivity (Wildman–Crippen MR) is 68.2 cm³/mol. The first-order valence-corrected chi connectivity index (χ1v) is 5.80. The average molecular weight is 264 g/mol. The Labute approximate surface area is 110 Å². The summed E-state index contributed by atoms with van der Waals surface area (Å²) in [5.41, 5.74) is 1.35. The first-order valence-electron chi connectivity index (χ1n) is 5.80. The zero-order valence-corrected chi connectivity index (χ0v) is 10.7. The minimum Gasteiger partial charge on any atom is -0.494 e. The van der Waals surface area contributed by atoms with Gasteiger partial charge in [0, 0.05) is 0 Å². The molecule has 4 heteroatoms. The molecule has 0 fully saturated rings. The Balaban J connectivity index is 2.35. The van der Waals surface area contributed by atoms with Gasteiger partial charge < -0.3 is 9.84 Å². The standard InChI is InChI=1S/C15H14F2O2/c1-9-7-10(3-5-12(9)16)15(18)11-4-6-14(19-2)13(17)8-11/h3-8,15,18H,1-2H3. The summed E-state index contributed by atoms with van der Waals surface area (Å²) in [5.74, 6) is -0.763. The van der Waals surface area contributed by atoms with Gasteiger partial charge in [-0.2, -0.15) is 0 Å². The number of aryl methyl sites for hydroxylation is 1. The molecule has 0 aliphatic rings. The second-order valence-corrected chi connectivity index (χ2v) is 4.31. The van der Waals surface area contributed by atoms with Crippen LogP contribution in [0.25, 0.3) is 0 Å². The third-order valence-corrected chi connectivity index (χ3v) is 2.99. The number of methoxy groups -OCH3 is 1. The Morgan fingerprint density at radius 2 is 1.63 bits per heavy atom. The first kappa shape index (κ1) is 13.5. The van der Waals surface area contributed by atoms with E-state index in [0.717, 1.165) is 0 Å². The molecule has 1 unspecified atom stereocenters. The lowest BCUT2D eigenvalue weighted by Crippen LogP contribution is -2.02. The molecule has 2 aromatic rings. The van der Waals surface area contributed by atoms with E-state index in [1.54, 1.807) is 19.1 Å². The zero-order chi connectivity index (χ0) is 14.0. The Hall–Kier alpha value is -1.94. The molecule has 2 nitrogen and oxygen atoms in total. The average Bonchev–Trinajstić information content (AvgIpc) is 2.41. The van der Waals surface area contributed by atoms with Gasteiger partial charge in [-0.15, -0.1) is 0 Å². The van der Waals surface area contributed by atoms with Crippen molar-refractivity contribution in [1.29, 1.82) is 0 Å². The number of aliphatic hydroxyl groups excluding tert-OH is 1. The topological polar surface area (TPSA) is 29.5 Å².